The summed E-state index contributed by atoms with van der Waals surface area (Å²) < 4.78 is 33.6. The summed E-state index contributed by atoms with van der Waals surface area (Å²) in [7, 11) is -4.19. The van der Waals surface area contributed by atoms with Gasteiger partial charge in [-0.1, -0.05) is 24.3 Å². The van der Waals surface area contributed by atoms with E-state index >= 15 is 0 Å². The number of nitrogens with zero attached hydrogens (tertiary/aromatic N) is 2. The molecule has 5 N–H and O–H groups in total. The van der Waals surface area contributed by atoms with Crippen LogP contribution in [0, 0.1) is 11.8 Å². The van der Waals surface area contributed by atoms with Crippen molar-refractivity contribution in [3.63, 3.8) is 0 Å². The molecule has 1 aromatic heterocycles. The van der Waals surface area contributed by atoms with Crippen LogP contribution in [-0.4, -0.2) is 53.5 Å². The molecule has 0 amide bonds. The van der Waals surface area contributed by atoms with Gasteiger partial charge >= 0.3 is 10.4 Å². The van der Waals surface area contributed by atoms with Gasteiger partial charge in [-0.15, -0.1) is 15.0 Å². The summed E-state index contributed by atoms with van der Waals surface area (Å²) in [5, 5.41) is 12.0. The van der Waals surface area contributed by atoms with E-state index in [0.717, 1.165) is 25.9 Å². The first-order valence-corrected chi connectivity index (χ1v) is 10.4. The molecule has 158 valence electrons. The molecule has 2 aromatic rings. The molecule has 3 saturated heterocycles. The SMILES string of the molecule is C=C[C@@H]1CN2CC[C@H]1C[C@H]2[C@H](O)c1c2c(nc3ccccc13)OS(=O)(=O)O2.O.O. The van der Waals surface area contributed by atoms with E-state index in [1.54, 1.807) is 6.07 Å². The van der Waals surface area contributed by atoms with Gasteiger partial charge in [-0.3, -0.25) is 4.90 Å². The average Bonchev–Trinajstić information content (AvgIpc) is 2.98. The maximum absolute atomic E-state index is 11.8. The predicted molar refractivity (Wildman–Crippen MR) is 106 cm³/mol. The molecule has 2 bridgehead atoms. The van der Waals surface area contributed by atoms with E-state index in [2.05, 4.69) is 16.5 Å². The molecule has 3 fully saturated rings. The van der Waals surface area contributed by atoms with Crippen LogP contribution in [0.1, 0.15) is 24.5 Å². The summed E-state index contributed by atoms with van der Waals surface area (Å²) in [6.07, 6.45) is 3.01. The molecule has 6 rings (SSSR count). The van der Waals surface area contributed by atoms with Crippen molar-refractivity contribution in [2.75, 3.05) is 13.1 Å². The van der Waals surface area contributed by atoms with Crippen molar-refractivity contribution in [3.8, 4) is 11.6 Å². The number of rotatable bonds is 3. The summed E-state index contributed by atoms with van der Waals surface area (Å²) in [5.41, 5.74) is 0.996. The molecule has 4 aliphatic heterocycles. The molecule has 0 radical (unpaired) electrons. The van der Waals surface area contributed by atoms with Crippen LogP contribution in [0.4, 0.5) is 0 Å². The number of pyridine rings is 1. The van der Waals surface area contributed by atoms with Crippen LogP contribution >= 0.6 is 0 Å². The molecule has 1 aromatic carbocycles. The third-order valence-corrected chi connectivity index (χ3v) is 6.77. The van der Waals surface area contributed by atoms with Gasteiger partial charge in [-0.05, 0) is 37.3 Å². The van der Waals surface area contributed by atoms with E-state index in [1.807, 2.05) is 24.3 Å². The number of fused-ring (bicyclic) bond motifs is 5. The maximum atomic E-state index is 11.8. The van der Waals surface area contributed by atoms with Gasteiger partial charge in [0.05, 0.1) is 11.6 Å². The summed E-state index contributed by atoms with van der Waals surface area (Å²) in [6.45, 7) is 5.71. The highest BCUT2D eigenvalue weighted by atomic mass is 32.3. The number of aromatic nitrogens is 1. The van der Waals surface area contributed by atoms with E-state index in [1.165, 1.54) is 0 Å². The van der Waals surface area contributed by atoms with Crippen molar-refractivity contribution in [3.05, 3.63) is 42.5 Å². The molecule has 0 aliphatic carbocycles. The summed E-state index contributed by atoms with van der Waals surface area (Å²) in [5.74, 6) is 0.808. The van der Waals surface area contributed by atoms with Crippen molar-refractivity contribution in [1.29, 1.82) is 0 Å². The maximum Gasteiger partial charge on any atom is 0.502 e. The first kappa shape index (κ1) is 21.5. The second-order valence-corrected chi connectivity index (χ2v) is 8.59. The second-order valence-electron chi connectivity index (χ2n) is 7.44. The number of aliphatic hydroxyl groups is 1. The molecule has 5 heterocycles. The summed E-state index contributed by atoms with van der Waals surface area (Å²) in [4.78, 5) is 6.52. The van der Waals surface area contributed by atoms with Crippen LogP contribution < -0.4 is 8.37 Å². The number of aliphatic hydroxyl groups excluding tert-OH is 1. The lowest BCUT2D eigenvalue weighted by Crippen LogP contribution is -2.54. The molecular weight excluding hydrogens is 400 g/mol. The topological polar surface area (TPSA) is 152 Å². The van der Waals surface area contributed by atoms with Gasteiger partial charge in [-0.25, -0.2) is 4.98 Å². The van der Waals surface area contributed by atoms with E-state index in [-0.39, 0.29) is 28.6 Å². The Balaban J connectivity index is 0.00000120. The molecule has 29 heavy (non-hydrogen) atoms. The minimum absolute atomic E-state index is 0. The lowest BCUT2D eigenvalue weighted by molar-refractivity contribution is -0.0448. The smallest absolute Gasteiger partial charge is 0.412 e. The largest absolute Gasteiger partial charge is 0.502 e. The lowest BCUT2D eigenvalue weighted by Gasteiger charge is -2.50. The van der Waals surface area contributed by atoms with Crippen LogP contribution in [-0.2, 0) is 10.4 Å². The zero-order valence-corrected chi connectivity index (χ0v) is 16.4. The fraction of sp³-hybridized carbons (Fsp3) is 0.421. The summed E-state index contributed by atoms with van der Waals surface area (Å²) >= 11 is 0. The van der Waals surface area contributed by atoms with Crippen LogP contribution in [0.25, 0.3) is 10.9 Å². The zero-order valence-electron chi connectivity index (χ0n) is 15.6. The van der Waals surface area contributed by atoms with Gasteiger partial charge < -0.3 is 24.4 Å². The quantitative estimate of drug-likeness (QED) is 0.705. The fourth-order valence-corrected chi connectivity index (χ4v) is 5.45. The van der Waals surface area contributed by atoms with Gasteiger partial charge in [-0.2, -0.15) is 0 Å². The van der Waals surface area contributed by atoms with Gasteiger partial charge in [0.15, 0.2) is 0 Å². The predicted octanol–water partition coefficient (Wildman–Crippen LogP) is 0.531. The minimum atomic E-state index is -4.19. The lowest BCUT2D eigenvalue weighted by atomic mass is 9.73. The molecule has 10 heteroatoms. The van der Waals surface area contributed by atoms with Gasteiger partial charge in [0.1, 0.15) is 0 Å². The molecule has 0 saturated carbocycles. The first-order chi connectivity index (χ1) is 13.0. The number of para-hydroxylation sites is 1. The molecule has 5 atom stereocenters. The van der Waals surface area contributed by atoms with Crippen molar-refractivity contribution < 1.29 is 32.8 Å². The third-order valence-electron chi connectivity index (χ3n) is 6.04. The minimum Gasteiger partial charge on any atom is -0.412 e. The summed E-state index contributed by atoms with van der Waals surface area (Å²) in [6, 6.07) is 7.11. The van der Waals surface area contributed by atoms with Crippen LogP contribution in [0.3, 0.4) is 0 Å². The van der Waals surface area contributed by atoms with Crippen LogP contribution in [0.5, 0.6) is 11.6 Å². The number of hydrogen-bond acceptors (Lipinski definition) is 7. The Morgan fingerprint density at radius 1 is 1.28 bits per heavy atom. The Kier molecular flexibility index (Phi) is 5.58. The highest BCUT2D eigenvalue weighted by Gasteiger charge is 2.45. The Bertz CT molecular complexity index is 1040. The highest BCUT2D eigenvalue weighted by molar-refractivity contribution is 7.82. The van der Waals surface area contributed by atoms with Gasteiger partial charge in [0.2, 0.25) is 5.75 Å². The van der Waals surface area contributed by atoms with Crippen molar-refractivity contribution in [2.24, 2.45) is 11.8 Å². The number of piperidine rings is 3. The van der Waals surface area contributed by atoms with E-state index in [0.29, 0.717) is 28.3 Å². The average molecular weight is 424 g/mol. The standard InChI is InChI=1S/C19H20N2O5S.2H2O/c1-2-11-10-21-8-7-12(11)9-15(21)17(22)16-13-5-3-4-6-14(13)20-19-18(16)25-27(23,24)26-19;;/h2-6,11-12,15,17,22H,1,7-10H2;2*1H2/t11-,12+,15+,17+;;/m1../s1. The zero-order chi connectivity index (χ0) is 18.8. The van der Waals surface area contributed by atoms with Gasteiger partial charge in [0, 0.05) is 23.5 Å². The molecule has 9 nitrogen and oxygen atoms in total. The number of benzene rings is 1. The fourth-order valence-electron chi connectivity index (χ4n) is 4.74. The second kappa shape index (κ2) is 7.54. The van der Waals surface area contributed by atoms with E-state index in [4.69, 9.17) is 8.37 Å². The molecule has 1 unspecified atom stereocenters. The third kappa shape index (κ3) is 3.36. The molecule has 4 aliphatic rings. The molecular formula is C19H24N2O7S. The van der Waals surface area contributed by atoms with Crippen LogP contribution in [0.15, 0.2) is 36.9 Å². The Morgan fingerprint density at radius 2 is 2.03 bits per heavy atom. The Morgan fingerprint density at radius 3 is 2.72 bits per heavy atom. The van der Waals surface area contributed by atoms with Crippen molar-refractivity contribution >= 4 is 21.3 Å². The molecule has 0 spiro atoms. The highest BCUT2D eigenvalue weighted by Crippen LogP contribution is 2.48. The van der Waals surface area contributed by atoms with E-state index < -0.39 is 16.5 Å². The van der Waals surface area contributed by atoms with E-state index in [9.17, 15) is 13.5 Å². The number of hydrogen-bond donors (Lipinski definition) is 1. The van der Waals surface area contributed by atoms with Crippen molar-refractivity contribution in [2.45, 2.75) is 25.0 Å². The van der Waals surface area contributed by atoms with Crippen LogP contribution in [0.2, 0.25) is 0 Å². The Hall–Kier alpha value is -2.24. The first-order valence-electron chi connectivity index (χ1n) is 9.08. The Labute approximate surface area is 168 Å². The normalized spacial score (nSPS) is 29.6. The monoisotopic (exact) mass is 424 g/mol. The van der Waals surface area contributed by atoms with Crippen molar-refractivity contribution in [1.82, 2.24) is 9.88 Å². The van der Waals surface area contributed by atoms with Gasteiger partial charge in [0.25, 0.3) is 5.88 Å².